The number of nitrogens with zero attached hydrogens (tertiary/aromatic N) is 2. The summed E-state index contributed by atoms with van der Waals surface area (Å²) in [5, 5.41) is 2.78. The number of nitrogens with two attached hydrogens (primary N) is 2. The third-order valence-electron chi connectivity index (χ3n) is 6.40. The molecule has 8 nitrogen and oxygen atoms in total. The fourth-order valence-corrected chi connectivity index (χ4v) is 4.59. The highest BCUT2D eigenvalue weighted by Gasteiger charge is 2.35. The van der Waals surface area contributed by atoms with Crippen LogP contribution in [0.2, 0.25) is 0 Å². The largest absolute Gasteiger partial charge is 0.364 e. The zero-order valence-corrected chi connectivity index (χ0v) is 21.1. The predicted octanol–water partition coefficient (Wildman–Crippen LogP) is 4.08. The van der Waals surface area contributed by atoms with Gasteiger partial charge < -0.3 is 16.8 Å². The first kappa shape index (κ1) is 26.7. The molecule has 2 atom stereocenters. The fraction of sp³-hybridized carbons (Fsp3) is 0.583. The molecule has 0 saturated heterocycles. The number of aromatic nitrogens is 2. The van der Waals surface area contributed by atoms with Crippen molar-refractivity contribution in [3.05, 3.63) is 35.8 Å². The summed E-state index contributed by atoms with van der Waals surface area (Å²) in [7, 11) is 0. The van der Waals surface area contributed by atoms with Gasteiger partial charge in [0.05, 0.1) is 0 Å². The van der Waals surface area contributed by atoms with Crippen LogP contribution in [0.5, 0.6) is 0 Å². The molecule has 0 aromatic carbocycles. The lowest BCUT2D eigenvalue weighted by molar-refractivity contribution is 0.0785. The Morgan fingerprint density at radius 2 is 1.97 bits per heavy atom. The van der Waals surface area contributed by atoms with Gasteiger partial charge >= 0.3 is 0 Å². The normalized spacial score (nSPS) is 19.6. The van der Waals surface area contributed by atoms with Crippen LogP contribution in [-0.4, -0.2) is 38.7 Å². The van der Waals surface area contributed by atoms with Gasteiger partial charge in [0.1, 0.15) is 17.0 Å². The minimum Gasteiger partial charge on any atom is -0.364 e. The van der Waals surface area contributed by atoms with Crippen LogP contribution in [0.1, 0.15) is 74.9 Å². The Morgan fingerprint density at radius 1 is 1.27 bits per heavy atom. The Hall–Kier alpha value is -2.55. The van der Waals surface area contributed by atoms with E-state index in [2.05, 4.69) is 44.9 Å². The van der Waals surface area contributed by atoms with Crippen molar-refractivity contribution in [1.82, 2.24) is 14.7 Å². The second-order valence-corrected chi connectivity index (χ2v) is 10.8. The van der Waals surface area contributed by atoms with Crippen LogP contribution in [0, 0.1) is 23.2 Å². The van der Waals surface area contributed by atoms with Crippen molar-refractivity contribution < 1.29 is 14.4 Å². The minimum absolute atomic E-state index is 0.155. The molecule has 1 saturated carbocycles. The molecule has 0 aliphatic heterocycles. The first-order chi connectivity index (χ1) is 15.4. The first-order valence-electron chi connectivity index (χ1n) is 11.4. The summed E-state index contributed by atoms with van der Waals surface area (Å²) in [5.41, 5.74) is 11.6. The van der Waals surface area contributed by atoms with Crippen LogP contribution in [0.3, 0.4) is 0 Å². The standard InChI is InChI=1S/C19H26N4O2.C5H11NOS/c1-12-13(6-5-9-19(12,2)3)10-21-18(25)15-7-4-8-16-22-14(17(20)24)11-23(15)16;1-4(2)3-8-5(6)7/h4,7-8,11-13H,5-6,9-10H2,1-3H3,(H2,20,24)(H,21,25);4H,3H2,1-2H3,(H2,6,7). The van der Waals surface area contributed by atoms with Gasteiger partial charge in [-0.15, -0.1) is 0 Å². The van der Waals surface area contributed by atoms with Crippen LogP contribution in [0.15, 0.2) is 24.4 Å². The van der Waals surface area contributed by atoms with E-state index in [4.69, 9.17) is 11.5 Å². The minimum atomic E-state index is -0.603. The SMILES string of the molecule is CC(C)CSC(N)=O.CC1C(CNC(=O)c2cccc3nc(C(N)=O)cn23)CCCC1(C)C. The third-order valence-corrected chi connectivity index (χ3v) is 7.51. The number of carbonyl (C=O) groups is 3. The summed E-state index contributed by atoms with van der Waals surface area (Å²) in [6.45, 7) is 11.7. The van der Waals surface area contributed by atoms with E-state index >= 15 is 0 Å². The van der Waals surface area contributed by atoms with Crippen LogP contribution in [0.4, 0.5) is 4.79 Å². The van der Waals surface area contributed by atoms with Crippen molar-refractivity contribution in [3.63, 3.8) is 0 Å². The van der Waals surface area contributed by atoms with Crippen LogP contribution in [0.25, 0.3) is 5.65 Å². The first-order valence-corrected chi connectivity index (χ1v) is 12.4. The van der Waals surface area contributed by atoms with Gasteiger partial charge in [0.25, 0.3) is 17.1 Å². The van der Waals surface area contributed by atoms with Gasteiger partial charge in [-0.1, -0.05) is 58.9 Å². The summed E-state index contributed by atoms with van der Waals surface area (Å²) in [6, 6.07) is 5.23. The lowest BCUT2D eigenvalue weighted by Crippen LogP contribution is -2.40. The molecule has 182 valence electrons. The fourth-order valence-electron chi connectivity index (χ4n) is 4.09. The van der Waals surface area contributed by atoms with Crippen LogP contribution >= 0.6 is 11.8 Å². The molecular formula is C24H37N5O3S. The zero-order chi connectivity index (χ0) is 24.8. The molecule has 1 aliphatic carbocycles. The maximum Gasteiger partial charge on any atom is 0.276 e. The summed E-state index contributed by atoms with van der Waals surface area (Å²) in [6.07, 6.45) is 5.10. The monoisotopic (exact) mass is 475 g/mol. The van der Waals surface area contributed by atoms with E-state index in [0.717, 1.165) is 12.2 Å². The van der Waals surface area contributed by atoms with E-state index in [0.29, 0.717) is 41.1 Å². The zero-order valence-electron chi connectivity index (χ0n) is 20.3. The molecule has 5 N–H and O–H groups in total. The molecule has 2 unspecified atom stereocenters. The highest BCUT2D eigenvalue weighted by atomic mass is 32.2. The molecule has 3 amide bonds. The Kier molecular flexibility index (Phi) is 9.34. The Balaban J connectivity index is 0.000000414. The van der Waals surface area contributed by atoms with E-state index in [1.807, 2.05) is 0 Å². The molecular weight excluding hydrogens is 438 g/mol. The number of fused-ring (bicyclic) bond motifs is 1. The van der Waals surface area contributed by atoms with Crippen molar-refractivity contribution >= 4 is 34.5 Å². The molecule has 3 rings (SSSR count). The van der Waals surface area contributed by atoms with Crippen molar-refractivity contribution in [2.45, 2.75) is 53.9 Å². The smallest absolute Gasteiger partial charge is 0.276 e. The molecule has 1 fully saturated rings. The number of hydrogen-bond acceptors (Lipinski definition) is 5. The maximum atomic E-state index is 12.7. The lowest BCUT2D eigenvalue weighted by Gasteiger charge is -2.42. The number of imidazole rings is 1. The molecule has 1 aliphatic rings. The van der Waals surface area contributed by atoms with E-state index in [1.54, 1.807) is 22.6 Å². The molecule has 0 spiro atoms. The van der Waals surface area contributed by atoms with Gasteiger partial charge in [0.2, 0.25) is 0 Å². The van der Waals surface area contributed by atoms with Gasteiger partial charge in [-0.3, -0.25) is 18.8 Å². The average Bonchev–Trinajstić information content (AvgIpc) is 3.18. The molecule has 0 radical (unpaired) electrons. The van der Waals surface area contributed by atoms with Gasteiger partial charge in [0, 0.05) is 18.5 Å². The van der Waals surface area contributed by atoms with Crippen LogP contribution < -0.4 is 16.8 Å². The number of amides is 3. The quantitative estimate of drug-likeness (QED) is 0.579. The average molecular weight is 476 g/mol. The highest BCUT2D eigenvalue weighted by molar-refractivity contribution is 8.13. The Labute approximate surface area is 200 Å². The number of pyridine rings is 1. The third kappa shape index (κ3) is 7.48. The van der Waals surface area contributed by atoms with Crippen molar-refractivity contribution in [2.75, 3.05) is 12.3 Å². The number of primary amides is 2. The molecule has 2 heterocycles. The van der Waals surface area contributed by atoms with E-state index in [-0.39, 0.29) is 16.8 Å². The van der Waals surface area contributed by atoms with Gasteiger partial charge in [0.15, 0.2) is 0 Å². The van der Waals surface area contributed by atoms with E-state index in [1.165, 1.54) is 30.8 Å². The number of carbonyl (C=O) groups excluding carboxylic acids is 3. The lowest BCUT2D eigenvalue weighted by atomic mass is 9.64. The Bertz CT molecular complexity index is 986. The number of hydrogen-bond donors (Lipinski definition) is 3. The van der Waals surface area contributed by atoms with Gasteiger partial charge in [-0.25, -0.2) is 4.98 Å². The van der Waals surface area contributed by atoms with E-state index in [9.17, 15) is 14.4 Å². The van der Waals surface area contributed by atoms with Gasteiger partial charge in [-0.2, -0.15) is 0 Å². The number of nitrogens with one attached hydrogen (secondary N) is 1. The summed E-state index contributed by atoms with van der Waals surface area (Å²) < 4.78 is 1.61. The summed E-state index contributed by atoms with van der Waals surface area (Å²) >= 11 is 1.18. The molecule has 2 aromatic rings. The predicted molar refractivity (Wildman–Crippen MR) is 133 cm³/mol. The molecule has 0 bridgehead atoms. The van der Waals surface area contributed by atoms with Crippen molar-refractivity contribution in [3.8, 4) is 0 Å². The maximum absolute atomic E-state index is 12.7. The molecule has 33 heavy (non-hydrogen) atoms. The number of thioether (sulfide) groups is 1. The van der Waals surface area contributed by atoms with Crippen molar-refractivity contribution in [2.24, 2.45) is 34.6 Å². The topological polar surface area (TPSA) is 133 Å². The summed E-state index contributed by atoms with van der Waals surface area (Å²) in [4.78, 5) is 38.2. The number of rotatable bonds is 6. The van der Waals surface area contributed by atoms with Crippen molar-refractivity contribution in [1.29, 1.82) is 0 Å². The second kappa shape index (κ2) is 11.5. The molecule has 9 heteroatoms. The van der Waals surface area contributed by atoms with Gasteiger partial charge in [-0.05, 0) is 48.1 Å². The molecule has 2 aromatic heterocycles. The van der Waals surface area contributed by atoms with E-state index < -0.39 is 5.91 Å². The second-order valence-electron chi connectivity index (χ2n) is 9.79. The highest BCUT2D eigenvalue weighted by Crippen LogP contribution is 2.43. The Morgan fingerprint density at radius 3 is 2.55 bits per heavy atom. The van der Waals surface area contributed by atoms with Crippen LogP contribution in [-0.2, 0) is 0 Å². The summed E-state index contributed by atoms with van der Waals surface area (Å²) in [5.74, 6) is 1.66.